The van der Waals surface area contributed by atoms with Gasteiger partial charge in [0, 0.05) is 19.1 Å². The van der Waals surface area contributed by atoms with E-state index in [0.717, 1.165) is 24.7 Å². The lowest BCUT2D eigenvalue weighted by atomic mass is 9.95. The number of aromatic nitrogens is 2. The number of halogens is 1. The Labute approximate surface area is 102 Å². The van der Waals surface area contributed by atoms with Crippen molar-refractivity contribution in [3.63, 3.8) is 0 Å². The van der Waals surface area contributed by atoms with Gasteiger partial charge in [0.1, 0.15) is 5.15 Å². The van der Waals surface area contributed by atoms with Crippen LogP contribution in [0.2, 0.25) is 5.15 Å². The van der Waals surface area contributed by atoms with Crippen molar-refractivity contribution in [1.82, 2.24) is 14.9 Å². The highest BCUT2D eigenvalue weighted by Crippen LogP contribution is 2.22. The molecule has 2 atom stereocenters. The highest BCUT2D eigenvalue weighted by molar-refractivity contribution is 6.29. The Morgan fingerprint density at radius 3 is 2.81 bits per heavy atom. The van der Waals surface area contributed by atoms with Crippen LogP contribution in [0.5, 0.6) is 0 Å². The minimum Gasteiger partial charge on any atom is -0.295 e. The monoisotopic (exact) mass is 239 g/mol. The van der Waals surface area contributed by atoms with E-state index in [1.54, 1.807) is 12.4 Å². The lowest BCUT2D eigenvalue weighted by Crippen LogP contribution is -2.40. The topological polar surface area (TPSA) is 29.0 Å². The molecule has 0 aliphatic carbocycles. The molecule has 16 heavy (non-hydrogen) atoms. The lowest BCUT2D eigenvalue weighted by molar-refractivity contribution is 0.116. The summed E-state index contributed by atoms with van der Waals surface area (Å²) in [5, 5.41) is 0.462. The summed E-state index contributed by atoms with van der Waals surface area (Å²) < 4.78 is 0. The average Bonchev–Trinajstić information content (AvgIpc) is 2.27. The molecule has 0 aromatic carbocycles. The van der Waals surface area contributed by atoms with Crippen molar-refractivity contribution in [2.24, 2.45) is 5.92 Å². The third kappa shape index (κ3) is 2.92. The second-order valence-electron chi connectivity index (χ2n) is 4.79. The predicted octanol–water partition coefficient (Wildman–Crippen LogP) is 2.75. The molecule has 0 bridgehead atoms. The fourth-order valence-electron chi connectivity index (χ4n) is 2.23. The molecule has 4 heteroatoms. The van der Waals surface area contributed by atoms with Gasteiger partial charge in [-0.2, -0.15) is 0 Å². The van der Waals surface area contributed by atoms with Crippen molar-refractivity contribution in [2.75, 3.05) is 6.54 Å². The fourth-order valence-corrected chi connectivity index (χ4v) is 2.33. The Balaban J connectivity index is 2.00. The molecule has 0 saturated carbocycles. The smallest absolute Gasteiger partial charge is 0.147 e. The maximum Gasteiger partial charge on any atom is 0.147 e. The van der Waals surface area contributed by atoms with E-state index in [1.807, 2.05) is 0 Å². The molecule has 0 amide bonds. The van der Waals surface area contributed by atoms with Crippen molar-refractivity contribution >= 4 is 11.6 Å². The molecule has 0 N–H and O–H groups in total. The van der Waals surface area contributed by atoms with Crippen LogP contribution in [0.15, 0.2) is 12.4 Å². The molecule has 2 unspecified atom stereocenters. The Hall–Kier alpha value is -0.670. The van der Waals surface area contributed by atoms with Gasteiger partial charge in [0.15, 0.2) is 0 Å². The first-order chi connectivity index (χ1) is 7.65. The van der Waals surface area contributed by atoms with Crippen molar-refractivity contribution in [3.05, 3.63) is 23.2 Å². The third-order valence-electron chi connectivity index (χ3n) is 3.29. The highest BCUT2D eigenvalue weighted by atomic mass is 35.5. The molecule has 88 valence electrons. The van der Waals surface area contributed by atoms with Crippen molar-refractivity contribution in [2.45, 2.75) is 39.3 Å². The lowest BCUT2D eigenvalue weighted by Gasteiger charge is -2.36. The summed E-state index contributed by atoms with van der Waals surface area (Å²) in [5.41, 5.74) is 1.00. The van der Waals surface area contributed by atoms with Crippen LogP contribution in [0.3, 0.4) is 0 Å². The third-order valence-corrected chi connectivity index (χ3v) is 3.48. The van der Waals surface area contributed by atoms with Gasteiger partial charge in [-0.25, -0.2) is 4.98 Å². The summed E-state index contributed by atoms with van der Waals surface area (Å²) in [6, 6.07) is 0.647. The molecule has 1 aliphatic rings. The molecule has 1 aliphatic heterocycles. The first-order valence-electron chi connectivity index (χ1n) is 5.85. The molecule has 2 rings (SSSR count). The molecule has 2 heterocycles. The van der Waals surface area contributed by atoms with Crippen molar-refractivity contribution in [1.29, 1.82) is 0 Å². The Kier molecular flexibility index (Phi) is 3.77. The van der Waals surface area contributed by atoms with Gasteiger partial charge >= 0.3 is 0 Å². The molecule has 3 nitrogen and oxygen atoms in total. The summed E-state index contributed by atoms with van der Waals surface area (Å²) in [7, 11) is 0. The summed E-state index contributed by atoms with van der Waals surface area (Å²) in [5.74, 6) is 0.788. The fraction of sp³-hybridized carbons (Fsp3) is 0.667. The highest BCUT2D eigenvalue weighted by Gasteiger charge is 2.22. The molecule has 0 spiro atoms. The normalized spacial score (nSPS) is 26.9. The van der Waals surface area contributed by atoms with Crippen LogP contribution in [0.1, 0.15) is 32.4 Å². The van der Waals surface area contributed by atoms with Gasteiger partial charge in [-0.3, -0.25) is 9.88 Å². The van der Waals surface area contributed by atoms with Crippen LogP contribution >= 0.6 is 11.6 Å². The summed E-state index contributed by atoms with van der Waals surface area (Å²) in [4.78, 5) is 10.8. The van der Waals surface area contributed by atoms with Gasteiger partial charge in [0.2, 0.25) is 0 Å². The van der Waals surface area contributed by atoms with Crippen LogP contribution in [0.25, 0.3) is 0 Å². The first kappa shape index (κ1) is 11.8. The van der Waals surface area contributed by atoms with Crippen LogP contribution in [0.4, 0.5) is 0 Å². The number of hydrogen-bond donors (Lipinski definition) is 0. The van der Waals surface area contributed by atoms with E-state index in [0.29, 0.717) is 11.2 Å². The zero-order valence-corrected chi connectivity index (χ0v) is 10.6. The maximum atomic E-state index is 5.72. The van der Waals surface area contributed by atoms with E-state index >= 15 is 0 Å². The molecule has 1 aromatic rings. The van der Waals surface area contributed by atoms with Gasteiger partial charge in [-0.15, -0.1) is 0 Å². The minimum absolute atomic E-state index is 0.462. The van der Waals surface area contributed by atoms with Crippen molar-refractivity contribution in [3.8, 4) is 0 Å². The Bertz CT molecular complexity index is 339. The second-order valence-corrected chi connectivity index (χ2v) is 5.18. The summed E-state index contributed by atoms with van der Waals surface area (Å²) >= 11 is 5.72. The average molecular weight is 240 g/mol. The Morgan fingerprint density at radius 2 is 2.12 bits per heavy atom. The largest absolute Gasteiger partial charge is 0.295 e. The number of likely N-dealkylation sites (tertiary alicyclic amines) is 1. The van der Waals surface area contributed by atoms with E-state index in [4.69, 9.17) is 11.6 Å². The molecule has 1 aromatic heterocycles. The number of hydrogen-bond acceptors (Lipinski definition) is 3. The molecule has 1 fully saturated rings. The van der Waals surface area contributed by atoms with Crippen LogP contribution in [-0.4, -0.2) is 27.5 Å². The van der Waals surface area contributed by atoms with E-state index in [1.165, 1.54) is 12.8 Å². The standard InChI is InChI=1S/C12H18ClN3/c1-9-3-4-10(2)16(7-9)8-11-5-15-12(13)6-14-11/h5-6,9-10H,3-4,7-8H2,1-2H3. The SMILES string of the molecule is CC1CCC(C)N(Cc2cnc(Cl)cn2)C1. The molecule has 0 radical (unpaired) electrons. The van der Waals surface area contributed by atoms with Crippen LogP contribution in [-0.2, 0) is 6.54 Å². The number of nitrogens with zero attached hydrogens (tertiary/aromatic N) is 3. The summed E-state index contributed by atoms with van der Waals surface area (Å²) in [6.07, 6.45) is 6.01. The minimum atomic E-state index is 0.462. The van der Waals surface area contributed by atoms with E-state index in [2.05, 4.69) is 28.7 Å². The number of rotatable bonds is 2. The Morgan fingerprint density at radius 1 is 1.31 bits per heavy atom. The van der Waals surface area contributed by atoms with Crippen molar-refractivity contribution < 1.29 is 0 Å². The van der Waals surface area contributed by atoms with Gasteiger partial charge in [-0.05, 0) is 25.7 Å². The van der Waals surface area contributed by atoms with Gasteiger partial charge < -0.3 is 0 Å². The van der Waals surface area contributed by atoms with E-state index in [9.17, 15) is 0 Å². The predicted molar refractivity (Wildman–Crippen MR) is 65.3 cm³/mol. The zero-order valence-electron chi connectivity index (χ0n) is 9.86. The molecule has 1 saturated heterocycles. The molecular weight excluding hydrogens is 222 g/mol. The zero-order chi connectivity index (χ0) is 11.5. The van der Waals surface area contributed by atoms with Gasteiger partial charge in [0.05, 0.1) is 18.1 Å². The quantitative estimate of drug-likeness (QED) is 0.795. The molecular formula is C12H18ClN3. The maximum absolute atomic E-state index is 5.72. The van der Waals surface area contributed by atoms with Crippen LogP contribution in [0, 0.1) is 5.92 Å². The second kappa shape index (κ2) is 5.11. The summed E-state index contributed by atoms with van der Waals surface area (Å²) in [6.45, 7) is 6.64. The van der Waals surface area contributed by atoms with Crippen LogP contribution < -0.4 is 0 Å². The van der Waals surface area contributed by atoms with E-state index in [-0.39, 0.29) is 0 Å². The van der Waals surface area contributed by atoms with Gasteiger partial charge in [-0.1, -0.05) is 18.5 Å². The number of piperidine rings is 1. The van der Waals surface area contributed by atoms with Gasteiger partial charge in [0.25, 0.3) is 0 Å². The van der Waals surface area contributed by atoms with E-state index < -0.39 is 0 Å². The first-order valence-corrected chi connectivity index (χ1v) is 6.23.